The third kappa shape index (κ3) is 3.43. The molecule has 1 aromatic carbocycles. The molecule has 23 heavy (non-hydrogen) atoms. The van der Waals surface area contributed by atoms with Gasteiger partial charge in [0.15, 0.2) is 5.60 Å². The van der Waals surface area contributed by atoms with Gasteiger partial charge in [0.1, 0.15) is 6.10 Å². The number of esters is 1. The average molecular weight is 317 g/mol. The monoisotopic (exact) mass is 317 g/mol. The van der Waals surface area contributed by atoms with Gasteiger partial charge in [0.2, 0.25) is 0 Å². The number of nitrogens with zero attached hydrogens (tertiary/aromatic N) is 1. The summed E-state index contributed by atoms with van der Waals surface area (Å²) in [5.41, 5.74) is -0.839. The first-order chi connectivity index (χ1) is 11.1. The zero-order valence-corrected chi connectivity index (χ0v) is 13.9. The molecule has 2 aliphatic rings. The van der Waals surface area contributed by atoms with Crippen molar-refractivity contribution in [3.63, 3.8) is 0 Å². The minimum atomic E-state index is -1.51. The van der Waals surface area contributed by atoms with Gasteiger partial charge in [-0.1, -0.05) is 43.2 Å². The first-order valence-corrected chi connectivity index (χ1v) is 8.78. The maximum Gasteiger partial charge on any atom is 0.343 e. The van der Waals surface area contributed by atoms with Crippen LogP contribution in [0.2, 0.25) is 0 Å². The molecule has 2 atom stereocenters. The van der Waals surface area contributed by atoms with Gasteiger partial charge >= 0.3 is 5.97 Å². The predicted molar refractivity (Wildman–Crippen MR) is 88.9 cm³/mol. The van der Waals surface area contributed by atoms with E-state index in [9.17, 15) is 9.90 Å². The number of carbonyl (C=O) groups is 1. The van der Waals surface area contributed by atoms with E-state index in [2.05, 4.69) is 4.90 Å². The van der Waals surface area contributed by atoms with E-state index in [0.717, 1.165) is 51.6 Å². The van der Waals surface area contributed by atoms with Crippen LogP contribution in [0.1, 0.15) is 44.1 Å². The van der Waals surface area contributed by atoms with Crippen molar-refractivity contribution in [2.75, 3.05) is 20.1 Å². The topological polar surface area (TPSA) is 49.8 Å². The van der Waals surface area contributed by atoms with Crippen molar-refractivity contribution in [1.29, 1.82) is 0 Å². The fourth-order valence-electron chi connectivity index (χ4n) is 4.01. The van der Waals surface area contributed by atoms with E-state index in [1.54, 1.807) is 0 Å². The molecule has 1 saturated carbocycles. The van der Waals surface area contributed by atoms with Crippen molar-refractivity contribution in [3.05, 3.63) is 35.9 Å². The maximum absolute atomic E-state index is 12.9. The highest BCUT2D eigenvalue weighted by Gasteiger charge is 2.48. The first kappa shape index (κ1) is 16.5. The van der Waals surface area contributed by atoms with Gasteiger partial charge < -0.3 is 14.7 Å². The second-order valence-corrected chi connectivity index (χ2v) is 7.05. The molecule has 0 spiro atoms. The van der Waals surface area contributed by atoms with Crippen LogP contribution in [0.5, 0.6) is 0 Å². The van der Waals surface area contributed by atoms with Crippen LogP contribution in [-0.2, 0) is 15.1 Å². The number of likely N-dealkylation sites (N-methyl/N-ethyl adjacent to an activating group) is 1. The fraction of sp³-hybridized carbons (Fsp3) is 0.632. The molecule has 1 saturated heterocycles. The lowest BCUT2D eigenvalue weighted by Gasteiger charge is -2.36. The van der Waals surface area contributed by atoms with E-state index < -0.39 is 11.6 Å². The normalized spacial score (nSPS) is 25.9. The molecule has 1 heterocycles. The molecule has 0 aromatic heterocycles. The molecule has 1 aliphatic heterocycles. The van der Waals surface area contributed by atoms with Crippen molar-refractivity contribution in [1.82, 2.24) is 4.90 Å². The Balaban J connectivity index is 1.81. The summed E-state index contributed by atoms with van der Waals surface area (Å²) in [4.78, 5) is 15.1. The summed E-state index contributed by atoms with van der Waals surface area (Å²) in [5.74, 6) is -0.505. The van der Waals surface area contributed by atoms with Crippen molar-refractivity contribution >= 4 is 5.97 Å². The lowest BCUT2D eigenvalue weighted by molar-refractivity contribution is -0.181. The van der Waals surface area contributed by atoms with Crippen LogP contribution >= 0.6 is 0 Å². The number of benzene rings is 1. The van der Waals surface area contributed by atoms with Gasteiger partial charge in [-0.05, 0) is 44.8 Å². The Kier molecular flexibility index (Phi) is 5.02. The molecular formula is C19H27NO3. The SMILES string of the molecule is CN1CCC[C@@H](OC(=O)[C@@](O)(c2ccccc2)C2CCCC2)C1. The highest BCUT2D eigenvalue weighted by atomic mass is 16.6. The van der Waals surface area contributed by atoms with Gasteiger partial charge in [0.05, 0.1) is 0 Å². The zero-order chi connectivity index (χ0) is 16.3. The summed E-state index contributed by atoms with van der Waals surface area (Å²) in [6.07, 6.45) is 5.69. The zero-order valence-electron chi connectivity index (χ0n) is 13.9. The quantitative estimate of drug-likeness (QED) is 0.868. The average Bonchev–Trinajstić information content (AvgIpc) is 3.10. The molecular weight excluding hydrogens is 290 g/mol. The Labute approximate surface area is 138 Å². The number of hydrogen-bond donors (Lipinski definition) is 1. The van der Waals surface area contributed by atoms with E-state index in [1.165, 1.54) is 0 Å². The second kappa shape index (κ2) is 7.02. The van der Waals surface area contributed by atoms with Crippen LogP contribution in [0, 0.1) is 5.92 Å². The Morgan fingerprint density at radius 3 is 2.52 bits per heavy atom. The summed E-state index contributed by atoms with van der Waals surface area (Å²) in [7, 11) is 2.04. The number of hydrogen-bond acceptors (Lipinski definition) is 4. The number of aliphatic hydroxyl groups is 1. The smallest absolute Gasteiger partial charge is 0.343 e. The molecule has 126 valence electrons. The standard InChI is InChI=1S/C19H27NO3/c1-20-13-7-12-17(14-20)23-18(21)19(22,16-10-5-6-11-16)15-8-3-2-4-9-15/h2-4,8-9,16-17,22H,5-7,10-14H2,1H3/t17-,19-/m1/s1. The van der Waals surface area contributed by atoms with Crippen LogP contribution in [0.3, 0.4) is 0 Å². The Bertz CT molecular complexity index is 527. The Hall–Kier alpha value is -1.39. The maximum atomic E-state index is 12.9. The van der Waals surface area contributed by atoms with E-state index in [1.807, 2.05) is 37.4 Å². The van der Waals surface area contributed by atoms with E-state index in [4.69, 9.17) is 4.74 Å². The van der Waals surface area contributed by atoms with Crippen LogP contribution in [0.25, 0.3) is 0 Å². The minimum Gasteiger partial charge on any atom is -0.459 e. The van der Waals surface area contributed by atoms with Crippen molar-refractivity contribution < 1.29 is 14.6 Å². The summed E-state index contributed by atoms with van der Waals surface area (Å²) in [6.45, 7) is 1.79. The molecule has 1 N–H and O–H groups in total. The van der Waals surface area contributed by atoms with Gasteiger partial charge in [-0.25, -0.2) is 4.79 Å². The summed E-state index contributed by atoms with van der Waals surface area (Å²) < 4.78 is 5.76. The molecule has 1 aromatic rings. The van der Waals surface area contributed by atoms with Gasteiger partial charge in [-0.15, -0.1) is 0 Å². The van der Waals surface area contributed by atoms with Crippen LogP contribution < -0.4 is 0 Å². The molecule has 1 aliphatic carbocycles. The molecule has 0 amide bonds. The fourth-order valence-corrected chi connectivity index (χ4v) is 4.01. The Morgan fingerprint density at radius 2 is 1.87 bits per heavy atom. The molecule has 2 fully saturated rings. The molecule has 0 bridgehead atoms. The van der Waals surface area contributed by atoms with Crippen molar-refractivity contribution in [3.8, 4) is 0 Å². The Morgan fingerprint density at radius 1 is 1.17 bits per heavy atom. The van der Waals surface area contributed by atoms with Crippen molar-refractivity contribution in [2.24, 2.45) is 5.92 Å². The van der Waals surface area contributed by atoms with Crippen LogP contribution in [0.4, 0.5) is 0 Å². The second-order valence-electron chi connectivity index (χ2n) is 7.05. The van der Waals surface area contributed by atoms with Crippen molar-refractivity contribution in [2.45, 2.75) is 50.2 Å². The minimum absolute atomic E-state index is 0.0429. The third-order valence-corrected chi connectivity index (χ3v) is 5.33. The molecule has 3 rings (SSSR count). The molecule has 4 nitrogen and oxygen atoms in total. The molecule has 4 heteroatoms. The number of rotatable bonds is 4. The number of carbonyl (C=O) groups excluding carboxylic acids is 1. The van der Waals surface area contributed by atoms with Gasteiger partial charge in [-0.3, -0.25) is 0 Å². The summed E-state index contributed by atoms with van der Waals surface area (Å²) in [6, 6.07) is 9.33. The molecule has 0 unspecified atom stereocenters. The van der Waals surface area contributed by atoms with Crippen LogP contribution in [-0.4, -0.2) is 42.2 Å². The largest absolute Gasteiger partial charge is 0.459 e. The third-order valence-electron chi connectivity index (χ3n) is 5.33. The first-order valence-electron chi connectivity index (χ1n) is 8.78. The van der Waals surface area contributed by atoms with E-state index >= 15 is 0 Å². The van der Waals surface area contributed by atoms with Gasteiger partial charge in [0, 0.05) is 12.5 Å². The number of piperidine rings is 1. The van der Waals surface area contributed by atoms with Crippen LogP contribution in [0.15, 0.2) is 30.3 Å². The lowest BCUT2D eigenvalue weighted by atomic mass is 9.80. The summed E-state index contributed by atoms with van der Waals surface area (Å²) in [5, 5.41) is 11.4. The highest BCUT2D eigenvalue weighted by molar-refractivity contribution is 5.81. The number of ether oxygens (including phenoxy) is 1. The van der Waals surface area contributed by atoms with Gasteiger partial charge in [-0.2, -0.15) is 0 Å². The lowest BCUT2D eigenvalue weighted by Crippen LogP contribution is -2.47. The molecule has 0 radical (unpaired) electrons. The summed E-state index contributed by atoms with van der Waals surface area (Å²) >= 11 is 0. The van der Waals surface area contributed by atoms with E-state index in [-0.39, 0.29) is 12.0 Å². The van der Waals surface area contributed by atoms with E-state index in [0.29, 0.717) is 5.56 Å². The van der Waals surface area contributed by atoms with Gasteiger partial charge in [0.25, 0.3) is 0 Å². The predicted octanol–water partition coefficient (Wildman–Crippen LogP) is 2.70. The number of likely N-dealkylation sites (tertiary alicyclic amines) is 1. The highest BCUT2D eigenvalue weighted by Crippen LogP contribution is 2.41.